The Bertz CT molecular complexity index is 1040. The lowest BCUT2D eigenvalue weighted by Gasteiger charge is -2.15. The summed E-state index contributed by atoms with van der Waals surface area (Å²) in [6, 6.07) is 16.3. The Kier molecular flexibility index (Phi) is 7.86. The van der Waals surface area contributed by atoms with E-state index >= 15 is 0 Å². The number of benzene rings is 3. The van der Waals surface area contributed by atoms with Crippen LogP contribution in [-0.2, 0) is 6.61 Å². The first-order valence-corrected chi connectivity index (χ1v) is 10.3. The van der Waals surface area contributed by atoms with Gasteiger partial charge in [-0.2, -0.15) is 0 Å². The van der Waals surface area contributed by atoms with E-state index < -0.39 is 0 Å². The molecule has 3 rings (SSSR count). The SMILES string of the molecule is CCOc1cc(C=Nc2ccc(OC)cc2)cc(Cl)c1OCc1ccc(Cl)cc1Cl. The zero-order valence-electron chi connectivity index (χ0n) is 16.5. The molecule has 156 valence electrons. The largest absolute Gasteiger partial charge is 0.497 e. The Morgan fingerprint density at radius 2 is 1.67 bits per heavy atom. The summed E-state index contributed by atoms with van der Waals surface area (Å²) in [5.74, 6) is 1.76. The molecule has 0 bridgehead atoms. The van der Waals surface area contributed by atoms with Gasteiger partial charge in [0.05, 0.1) is 24.4 Å². The van der Waals surface area contributed by atoms with Gasteiger partial charge in [0.1, 0.15) is 12.4 Å². The summed E-state index contributed by atoms with van der Waals surface area (Å²) >= 11 is 18.7. The third-order valence-corrected chi connectivity index (χ3v) is 5.02. The lowest BCUT2D eigenvalue weighted by Crippen LogP contribution is -2.02. The van der Waals surface area contributed by atoms with E-state index in [1.807, 2.05) is 43.3 Å². The van der Waals surface area contributed by atoms with Gasteiger partial charge in [0.25, 0.3) is 0 Å². The molecule has 30 heavy (non-hydrogen) atoms. The maximum Gasteiger partial charge on any atom is 0.180 e. The van der Waals surface area contributed by atoms with Crippen molar-refractivity contribution in [2.75, 3.05) is 13.7 Å². The maximum atomic E-state index is 6.49. The van der Waals surface area contributed by atoms with Gasteiger partial charge in [-0.05, 0) is 61.0 Å². The molecule has 0 aliphatic rings. The first-order valence-electron chi connectivity index (χ1n) is 9.21. The van der Waals surface area contributed by atoms with E-state index in [1.54, 1.807) is 31.5 Å². The highest BCUT2D eigenvalue weighted by Crippen LogP contribution is 2.37. The summed E-state index contributed by atoms with van der Waals surface area (Å²) in [5.41, 5.74) is 2.38. The Labute approximate surface area is 191 Å². The van der Waals surface area contributed by atoms with Crippen LogP contribution in [0.4, 0.5) is 5.69 Å². The predicted octanol–water partition coefficient (Wildman–Crippen LogP) is 7.38. The highest BCUT2D eigenvalue weighted by atomic mass is 35.5. The molecule has 3 aromatic carbocycles. The number of hydrogen-bond donors (Lipinski definition) is 0. The van der Waals surface area contributed by atoms with E-state index in [4.69, 9.17) is 49.0 Å². The first-order chi connectivity index (χ1) is 14.5. The standard InChI is InChI=1S/C23H20Cl3NO3/c1-3-29-22-11-15(13-27-18-6-8-19(28-2)9-7-18)10-21(26)23(22)30-14-16-4-5-17(24)12-20(16)25/h4-13H,3,14H2,1-2H3. The molecule has 0 atom stereocenters. The van der Waals surface area contributed by atoms with Gasteiger partial charge in [-0.25, -0.2) is 0 Å². The van der Waals surface area contributed by atoms with E-state index in [1.165, 1.54) is 0 Å². The van der Waals surface area contributed by atoms with Crippen LogP contribution in [0.15, 0.2) is 59.6 Å². The van der Waals surface area contributed by atoms with Crippen LogP contribution in [0.3, 0.4) is 0 Å². The molecule has 0 aromatic heterocycles. The van der Waals surface area contributed by atoms with E-state index in [9.17, 15) is 0 Å². The molecule has 0 aliphatic heterocycles. The molecule has 0 unspecified atom stereocenters. The fourth-order valence-corrected chi connectivity index (χ4v) is 3.41. The fraction of sp³-hybridized carbons (Fsp3) is 0.174. The topological polar surface area (TPSA) is 40.0 Å². The van der Waals surface area contributed by atoms with Gasteiger partial charge < -0.3 is 14.2 Å². The number of halogens is 3. The summed E-state index contributed by atoms with van der Waals surface area (Å²) < 4.78 is 16.8. The second-order valence-corrected chi connectivity index (χ2v) is 7.49. The van der Waals surface area contributed by atoms with Gasteiger partial charge in [0.2, 0.25) is 0 Å². The van der Waals surface area contributed by atoms with Crippen LogP contribution >= 0.6 is 34.8 Å². The Balaban J connectivity index is 1.81. The highest BCUT2D eigenvalue weighted by Gasteiger charge is 2.13. The van der Waals surface area contributed by atoms with Crippen molar-refractivity contribution in [1.29, 1.82) is 0 Å². The molecule has 0 N–H and O–H groups in total. The van der Waals surface area contributed by atoms with E-state index in [-0.39, 0.29) is 6.61 Å². The highest BCUT2D eigenvalue weighted by molar-refractivity contribution is 6.35. The second-order valence-electron chi connectivity index (χ2n) is 6.24. The minimum absolute atomic E-state index is 0.231. The summed E-state index contributed by atoms with van der Waals surface area (Å²) in [5, 5.41) is 1.51. The minimum Gasteiger partial charge on any atom is -0.497 e. The fourth-order valence-electron chi connectivity index (χ4n) is 2.67. The van der Waals surface area contributed by atoms with Crippen LogP contribution < -0.4 is 14.2 Å². The summed E-state index contributed by atoms with van der Waals surface area (Å²) in [7, 11) is 1.63. The molecule has 0 spiro atoms. The van der Waals surface area contributed by atoms with Crippen molar-refractivity contribution in [3.05, 3.63) is 80.8 Å². The van der Waals surface area contributed by atoms with Crippen molar-refractivity contribution in [2.45, 2.75) is 13.5 Å². The molecule has 7 heteroatoms. The molecule has 4 nitrogen and oxygen atoms in total. The smallest absolute Gasteiger partial charge is 0.180 e. The van der Waals surface area contributed by atoms with Crippen molar-refractivity contribution < 1.29 is 14.2 Å². The van der Waals surface area contributed by atoms with Crippen molar-refractivity contribution in [1.82, 2.24) is 0 Å². The molecule has 0 radical (unpaired) electrons. The minimum atomic E-state index is 0.231. The van der Waals surface area contributed by atoms with Gasteiger partial charge in [0, 0.05) is 21.8 Å². The van der Waals surface area contributed by atoms with Crippen LogP contribution in [0.2, 0.25) is 15.1 Å². The van der Waals surface area contributed by atoms with Crippen molar-refractivity contribution >= 4 is 46.7 Å². The zero-order valence-corrected chi connectivity index (χ0v) is 18.8. The molecular weight excluding hydrogens is 445 g/mol. The Morgan fingerprint density at radius 1 is 0.900 bits per heavy atom. The normalized spacial score (nSPS) is 11.0. The van der Waals surface area contributed by atoms with Crippen molar-refractivity contribution in [3.63, 3.8) is 0 Å². The lowest BCUT2D eigenvalue weighted by atomic mass is 10.2. The zero-order chi connectivity index (χ0) is 21.5. The molecule has 3 aromatic rings. The third-order valence-electron chi connectivity index (χ3n) is 4.15. The van der Waals surface area contributed by atoms with Gasteiger partial charge in [-0.15, -0.1) is 0 Å². The van der Waals surface area contributed by atoms with Crippen LogP contribution in [-0.4, -0.2) is 19.9 Å². The molecule has 0 aliphatic carbocycles. The van der Waals surface area contributed by atoms with Gasteiger partial charge in [0.15, 0.2) is 11.5 Å². The number of methoxy groups -OCH3 is 1. The number of rotatable bonds is 8. The number of nitrogens with zero attached hydrogens (tertiary/aromatic N) is 1. The number of hydrogen-bond acceptors (Lipinski definition) is 4. The predicted molar refractivity (Wildman–Crippen MR) is 124 cm³/mol. The van der Waals surface area contributed by atoms with Gasteiger partial charge in [-0.3, -0.25) is 4.99 Å². The van der Waals surface area contributed by atoms with Crippen LogP contribution in [0, 0.1) is 0 Å². The van der Waals surface area contributed by atoms with Crippen molar-refractivity contribution in [3.8, 4) is 17.2 Å². The average molecular weight is 465 g/mol. The molecule has 0 heterocycles. The third kappa shape index (κ3) is 5.82. The molecule has 0 saturated heterocycles. The van der Waals surface area contributed by atoms with Gasteiger partial charge >= 0.3 is 0 Å². The van der Waals surface area contributed by atoms with Crippen LogP contribution in [0.5, 0.6) is 17.2 Å². The monoisotopic (exact) mass is 463 g/mol. The molecule has 0 fully saturated rings. The van der Waals surface area contributed by atoms with Crippen molar-refractivity contribution in [2.24, 2.45) is 4.99 Å². The Morgan fingerprint density at radius 3 is 2.33 bits per heavy atom. The molecule has 0 saturated carbocycles. The maximum absolute atomic E-state index is 6.49. The molecular formula is C23H20Cl3NO3. The summed E-state index contributed by atoms with van der Waals surface area (Å²) in [4.78, 5) is 4.47. The Hall–Kier alpha value is -2.40. The average Bonchev–Trinajstić information content (AvgIpc) is 2.73. The lowest BCUT2D eigenvalue weighted by molar-refractivity contribution is 0.269. The molecule has 0 amide bonds. The van der Waals surface area contributed by atoms with E-state index in [0.717, 1.165) is 22.6 Å². The number of aliphatic imine (C=N–C) groups is 1. The number of ether oxygens (including phenoxy) is 3. The quantitative estimate of drug-likeness (QED) is 0.326. The van der Waals surface area contributed by atoms with Gasteiger partial charge in [-0.1, -0.05) is 40.9 Å². The first kappa shape index (κ1) is 22.3. The van der Waals surface area contributed by atoms with Crippen LogP contribution in [0.1, 0.15) is 18.1 Å². The summed E-state index contributed by atoms with van der Waals surface area (Å²) in [6.07, 6.45) is 1.72. The summed E-state index contributed by atoms with van der Waals surface area (Å²) in [6.45, 7) is 2.59. The van der Waals surface area contributed by atoms with E-state index in [2.05, 4.69) is 4.99 Å². The van der Waals surface area contributed by atoms with E-state index in [0.29, 0.717) is 33.2 Å². The van der Waals surface area contributed by atoms with Crippen LogP contribution in [0.25, 0.3) is 0 Å². The second kappa shape index (κ2) is 10.6.